The minimum absolute atomic E-state index is 0. The fourth-order valence-corrected chi connectivity index (χ4v) is 2.81. The van der Waals surface area contributed by atoms with Crippen LogP contribution in [0.5, 0.6) is 0 Å². The minimum atomic E-state index is -3.26. The first-order chi connectivity index (χ1) is 9.05. The molecule has 0 radical (unpaired) electrons. The van der Waals surface area contributed by atoms with Crippen LogP contribution in [0.1, 0.15) is 18.5 Å². The van der Waals surface area contributed by atoms with Gasteiger partial charge in [0.05, 0.1) is 11.8 Å². The number of halogens is 1. The number of hydrogen-bond acceptors (Lipinski definition) is 3. The zero-order valence-electron chi connectivity index (χ0n) is 11.2. The van der Waals surface area contributed by atoms with Gasteiger partial charge in [-0.1, -0.05) is 36.4 Å². The first-order valence-corrected chi connectivity index (χ1v) is 7.89. The summed E-state index contributed by atoms with van der Waals surface area (Å²) in [7, 11) is -3.26. The van der Waals surface area contributed by atoms with E-state index in [4.69, 9.17) is 5.73 Å². The molecule has 20 heavy (non-hydrogen) atoms. The molecular weight excluding hydrogens is 296 g/mol. The average molecular weight is 315 g/mol. The Hall–Kier alpha value is -1.14. The van der Waals surface area contributed by atoms with Crippen LogP contribution in [0.2, 0.25) is 0 Å². The Labute approximate surface area is 125 Å². The Bertz CT molecular complexity index is 674. The van der Waals surface area contributed by atoms with Crippen LogP contribution in [0, 0.1) is 0 Å². The summed E-state index contributed by atoms with van der Waals surface area (Å²) in [6, 6.07) is 13.4. The largest absolute Gasteiger partial charge is 0.329 e. The molecule has 2 aromatic rings. The molecule has 2 aromatic carbocycles. The van der Waals surface area contributed by atoms with Crippen LogP contribution >= 0.6 is 12.4 Å². The monoisotopic (exact) mass is 314 g/mol. The molecule has 3 N–H and O–H groups in total. The van der Waals surface area contributed by atoms with Gasteiger partial charge < -0.3 is 5.73 Å². The Kier molecular flexibility index (Phi) is 5.95. The maximum absolute atomic E-state index is 11.6. The Balaban J connectivity index is 0.00000200. The van der Waals surface area contributed by atoms with Crippen LogP contribution in [0.15, 0.2) is 42.5 Å². The molecule has 0 heterocycles. The first kappa shape index (κ1) is 16.9. The molecule has 2 rings (SSSR count). The zero-order valence-corrected chi connectivity index (χ0v) is 12.9. The van der Waals surface area contributed by atoms with Gasteiger partial charge in [-0.2, -0.15) is 0 Å². The van der Waals surface area contributed by atoms with Gasteiger partial charge in [0.25, 0.3) is 0 Å². The normalized spacial score (nSPS) is 12.9. The lowest BCUT2D eigenvalue weighted by Gasteiger charge is -2.17. The standard InChI is InChI=1S/C14H18N2O2S.ClH/c1-2-19(17,18)16-14(10-15)13-8-7-11-5-3-4-6-12(11)9-13;/h3-9,14,16H,2,10,15H2,1H3;1H. The fraction of sp³-hybridized carbons (Fsp3) is 0.286. The molecule has 0 aliphatic heterocycles. The van der Waals surface area contributed by atoms with Gasteiger partial charge in [0.2, 0.25) is 10.0 Å². The van der Waals surface area contributed by atoms with Gasteiger partial charge in [-0.3, -0.25) is 0 Å². The van der Waals surface area contributed by atoms with E-state index in [-0.39, 0.29) is 30.7 Å². The topological polar surface area (TPSA) is 72.2 Å². The van der Waals surface area contributed by atoms with Crippen LogP contribution in [-0.2, 0) is 10.0 Å². The van der Waals surface area contributed by atoms with E-state index in [2.05, 4.69) is 4.72 Å². The van der Waals surface area contributed by atoms with Gasteiger partial charge in [0.15, 0.2) is 0 Å². The average Bonchev–Trinajstić information content (AvgIpc) is 2.44. The van der Waals surface area contributed by atoms with Crippen molar-refractivity contribution in [1.29, 1.82) is 0 Å². The number of hydrogen-bond donors (Lipinski definition) is 2. The molecule has 0 saturated heterocycles. The SMILES string of the molecule is CCS(=O)(=O)NC(CN)c1ccc2ccccc2c1.Cl. The lowest BCUT2D eigenvalue weighted by atomic mass is 10.0. The van der Waals surface area contributed by atoms with Gasteiger partial charge in [-0.15, -0.1) is 12.4 Å². The fourth-order valence-electron chi connectivity index (χ4n) is 1.98. The third-order valence-electron chi connectivity index (χ3n) is 3.11. The van der Waals surface area contributed by atoms with E-state index >= 15 is 0 Å². The Morgan fingerprint density at radius 2 is 1.80 bits per heavy atom. The molecule has 0 bridgehead atoms. The number of nitrogens with two attached hydrogens (primary N) is 1. The molecular formula is C14H19ClN2O2S. The molecule has 0 aromatic heterocycles. The van der Waals surface area contributed by atoms with Crippen LogP contribution in [0.3, 0.4) is 0 Å². The molecule has 0 spiro atoms. The Morgan fingerprint density at radius 3 is 2.40 bits per heavy atom. The van der Waals surface area contributed by atoms with Crippen LogP contribution in [-0.4, -0.2) is 20.7 Å². The first-order valence-electron chi connectivity index (χ1n) is 6.24. The summed E-state index contributed by atoms with van der Waals surface area (Å²) in [5.74, 6) is 0.0527. The van der Waals surface area contributed by atoms with E-state index < -0.39 is 10.0 Å². The van der Waals surface area contributed by atoms with Gasteiger partial charge in [-0.25, -0.2) is 13.1 Å². The maximum atomic E-state index is 11.6. The van der Waals surface area contributed by atoms with Crippen molar-refractivity contribution < 1.29 is 8.42 Å². The summed E-state index contributed by atoms with van der Waals surface area (Å²) in [6.07, 6.45) is 0. The number of rotatable bonds is 5. The summed E-state index contributed by atoms with van der Waals surface area (Å²) in [6.45, 7) is 1.84. The van der Waals surface area contributed by atoms with Gasteiger partial charge in [0.1, 0.15) is 0 Å². The van der Waals surface area contributed by atoms with Crippen molar-refractivity contribution in [3.63, 3.8) is 0 Å². The number of fused-ring (bicyclic) bond motifs is 1. The summed E-state index contributed by atoms with van der Waals surface area (Å²) in [5, 5.41) is 2.20. The van der Waals surface area contributed by atoms with Crippen molar-refractivity contribution in [2.75, 3.05) is 12.3 Å². The highest BCUT2D eigenvalue weighted by Crippen LogP contribution is 2.20. The number of nitrogens with one attached hydrogen (secondary N) is 1. The molecule has 1 atom stereocenters. The minimum Gasteiger partial charge on any atom is -0.329 e. The second-order valence-corrected chi connectivity index (χ2v) is 6.46. The van der Waals surface area contributed by atoms with Crippen molar-refractivity contribution in [2.45, 2.75) is 13.0 Å². The molecule has 0 fully saturated rings. The second kappa shape index (κ2) is 7.04. The molecule has 4 nitrogen and oxygen atoms in total. The highest BCUT2D eigenvalue weighted by Gasteiger charge is 2.16. The van der Waals surface area contributed by atoms with Crippen molar-refractivity contribution >= 4 is 33.2 Å². The molecule has 0 aliphatic carbocycles. The van der Waals surface area contributed by atoms with Crippen molar-refractivity contribution in [2.24, 2.45) is 5.73 Å². The maximum Gasteiger partial charge on any atom is 0.211 e. The van der Waals surface area contributed by atoms with E-state index in [1.54, 1.807) is 6.92 Å². The molecule has 0 amide bonds. The molecule has 0 saturated carbocycles. The number of benzene rings is 2. The molecule has 6 heteroatoms. The van der Waals surface area contributed by atoms with E-state index in [1.807, 2.05) is 42.5 Å². The highest BCUT2D eigenvalue weighted by atomic mass is 35.5. The summed E-state index contributed by atoms with van der Waals surface area (Å²) >= 11 is 0. The molecule has 110 valence electrons. The van der Waals surface area contributed by atoms with E-state index in [0.29, 0.717) is 0 Å². The van der Waals surface area contributed by atoms with E-state index in [9.17, 15) is 8.42 Å². The van der Waals surface area contributed by atoms with Gasteiger partial charge in [0, 0.05) is 6.54 Å². The lowest BCUT2D eigenvalue weighted by molar-refractivity contribution is 0.560. The van der Waals surface area contributed by atoms with Crippen LogP contribution < -0.4 is 10.5 Å². The van der Waals surface area contributed by atoms with Gasteiger partial charge in [-0.05, 0) is 29.3 Å². The quantitative estimate of drug-likeness (QED) is 0.888. The Morgan fingerprint density at radius 1 is 1.15 bits per heavy atom. The summed E-state index contributed by atoms with van der Waals surface area (Å²) in [5.41, 5.74) is 6.57. The third kappa shape index (κ3) is 3.93. The van der Waals surface area contributed by atoms with Crippen molar-refractivity contribution in [3.8, 4) is 0 Å². The third-order valence-corrected chi connectivity index (χ3v) is 4.52. The van der Waals surface area contributed by atoms with E-state index in [0.717, 1.165) is 16.3 Å². The van der Waals surface area contributed by atoms with Gasteiger partial charge >= 0.3 is 0 Å². The van der Waals surface area contributed by atoms with Crippen molar-refractivity contribution in [3.05, 3.63) is 48.0 Å². The second-order valence-electron chi connectivity index (χ2n) is 4.42. The zero-order chi connectivity index (χ0) is 13.9. The number of sulfonamides is 1. The molecule has 0 aliphatic rings. The smallest absolute Gasteiger partial charge is 0.211 e. The summed E-state index contributed by atoms with van der Waals surface area (Å²) in [4.78, 5) is 0. The van der Waals surface area contributed by atoms with E-state index in [1.165, 1.54) is 0 Å². The lowest BCUT2D eigenvalue weighted by Crippen LogP contribution is -2.34. The summed E-state index contributed by atoms with van der Waals surface area (Å²) < 4.78 is 25.9. The highest BCUT2D eigenvalue weighted by molar-refractivity contribution is 7.89. The van der Waals surface area contributed by atoms with Crippen molar-refractivity contribution in [1.82, 2.24) is 4.72 Å². The van der Waals surface area contributed by atoms with Crippen LogP contribution in [0.25, 0.3) is 10.8 Å². The predicted molar refractivity (Wildman–Crippen MR) is 85.6 cm³/mol. The predicted octanol–water partition coefficient (Wildman–Crippen LogP) is 2.20. The van der Waals surface area contributed by atoms with Crippen LogP contribution in [0.4, 0.5) is 0 Å². The molecule has 1 unspecified atom stereocenters.